The number of benzene rings is 1. The molecule has 1 aliphatic rings. The van der Waals surface area contributed by atoms with Gasteiger partial charge < -0.3 is 9.47 Å². The van der Waals surface area contributed by atoms with Crippen LogP contribution in [0.2, 0.25) is 0 Å². The van der Waals surface area contributed by atoms with Gasteiger partial charge in [-0.05, 0) is 31.5 Å². The van der Waals surface area contributed by atoms with E-state index in [1.165, 1.54) is 0 Å². The molecule has 2 unspecified atom stereocenters. The molecular formula is C15H20N2O2. The van der Waals surface area contributed by atoms with Gasteiger partial charge in [-0.1, -0.05) is 6.07 Å². The van der Waals surface area contributed by atoms with E-state index in [0.717, 1.165) is 25.2 Å². The summed E-state index contributed by atoms with van der Waals surface area (Å²) in [7, 11) is 1.58. The number of morpholine rings is 1. The number of hydrogen-bond acceptors (Lipinski definition) is 4. The lowest BCUT2D eigenvalue weighted by Gasteiger charge is -2.35. The highest BCUT2D eigenvalue weighted by Crippen LogP contribution is 2.21. The monoisotopic (exact) mass is 260 g/mol. The van der Waals surface area contributed by atoms with Crippen LogP contribution in [0.4, 0.5) is 0 Å². The van der Waals surface area contributed by atoms with Crippen LogP contribution < -0.4 is 4.74 Å². The first-order valence-corrected chi connectivity index (χ1v) is 6.57. The van der Waals surface area contributed by atoms with Crippen molar-refractivity contribution in [3.63, 3.8) is 0 Å². The lowest BCUT2D eigenvalue weighted by Crippen LogP contribution is -2.44. The van der Waals surface area contributed by atoms with Crippen LogP contribution in [0, 0.1) is 11.3 Å². The number of nitrogens with zero attached hydrogens (tertiary/aromatic N) is 2. The minimum absolute atomic E-state index is 0.262. The van der Waals surface area contributed by atoms with Crippen LogP contribution in [0.25, 0.3) is 0 Å². The molecule has 1 saturated heterocycles. The van der Waals surface area contributed by atoms with E-state index in [0.29, 0.717) is 11.3 Å². The second-order valence-electron chi connectivity index (χ2n) is 5.10. The third kappa shape index (κ3) is 3.46. The van der Waals surface area contributed by atoms with Crippen molar-refractivity contribution in [3.8, 4) is 11.8 Å². The first kappa shape index (κ1) is 13.9. The summed E-state index contributed by atoms with van der Waals surface area (Å²) in [4.78, 5) is 2.36. The molecule has 1 aromatic rings. The smallest absolute Gasteiger partial charge is 0.136 e. The molecule has 19 heavy (non-hydrogen) atoms. The van der Waals surface area contributed by atoms with E-state index in [-0.39, 0.29) is 12.2 Å². The minimum Gasteiger partial charge on any atom is -0.495 e. The number of nitriles is 1. The van der Waals surface area contributed by atoms with E-state index >= 15 is 0 Å². The zero-order chi connectivity index (χ0) is 13.8. The molecule has 2 atom stereocenters. The van der Waals surface area contributed by atoms with Crippen molar-refractivity contribution in [2.75, 3.05) is 20.2 Å². The van der Waals surface area contributed by atoms with E-state index < -0.39 is 0 Å². The molecule has 0 aliphatic carbocycles. The third-order valence-corrected chi connectivity index (χ3v) is 3.29. The van der Waals surface area contributed by atoms with Gasteiger partial charge in [0.1, 0.15) is 11.8 Å². The Morgan fingerprint density at radius 1 is 1.37 bits per heavy atom. The van der Waals surface area contributed by atoms with Crippen LogP contribution in [-0.2, 0) is 11.3 Å². The molecule has 4 nitrogen and oxygen atoms in total. The molecule has 0 bridgehead atoms. The summed E-state index contributed by atoms with van der Waals surface area (Å²) in [6, 6.07) is 7.96. The van der Waals surface area contributed by atoms with Crippen LogP contribution in [0.3, 0.4) is 0 Å². The first-order valence-electron chi connectivity index (χ1n) is 6.57. The number of hydrogen-bond donors (Lipinski definition) is 0. The van der Waals surface area contributed by atoms with E-state index in [2.05, 4.69) is 24.8 Å². The molecule has 0 spiro atoms. The predicted octanol–water partition coefficient (Wildman–Crippen LogP) is 2.18. The van der Waals surface area contributed by atoms with Gasteiger partial charge in [0.25, 0.3) is 0 Å². The molecule has 1 aromatic carbocycles. The third-order valence-electron chi connectivity index (χ3n) is 3.29. The largest absolute Gasteiger partial charge is 0.495 e. The number of methoxy groups -OCH3 is 1. The second kappa shape index (κ2) is 6.05. The van der Waals surface area contributed by atoms with Gasteiger partial charge >= 0.3 is 0 Å². The predicted molar refractivity (Wildman–Crippen MR) is 73.0 cm³/mol. The standard InChI is InChI=1S/C15H20N2O2/c1-11-8-17(9-12(2)19-11)10-13-4-5-15(18-3)14(6-13)7-16/h4-6,11-12H,8-10H2,1-3H3. The normalized spacial score (nSPS) is 23.9. The highest BCUT2D eigenvalue weighted by Gasteiger charge is 2.22. The number of rotatable bonds is 3. The van der Waals surface area contributed by atoms with Crippen molar-refractivity contribution in [2.24, 2.45) is 0 Å². The quantitative estimate of drug-likeness (QED) is 0.835. The molecule has 0 aromatic heterocycles. The SMILES string of the molecule is COc1ccc(CN2CC(C)OC(C)C2)cc1C#N. The zero-order valence-electron chi connectivity index (χ0n) is 11.7. The van der Waals surface area contributed by atoms with Gasteiger partial charge in [-0.15, -0.1) is 0 Å². The lowest BCUT2D eigenvalue weighted by molar-refractivity contribution is -0.0704. The first-order chi connectivity index (χ1) is 9.12. The number of ether oxygens (including phenoxy) is 2. The molecule has 0 saturated carbocycles. The van der Waals surface area contributed by atoms with Crippen molar-refractivity contribution in [3.05, 3.63) is 29.3 Å². The molecule has 102 valence electrons. The highest BCUT2D eigenvalue weighted by atomic mass is 16.5. The maximum absolute atomic E-state index is 9.10. The fraction of sp³-hybridized carbons (Fsp3) is 0.533. The zero-order valence-corrected chi connectivity index (χ0v) is 11.7. The van der Waals surface area contributed by atoms with Gasteiger partial charge in [0, 0.05) is 19.6 Å². The van der Waals surface area contributed by atoms with Crippen molar-refractivity contribution in [1.82, 2.24) is 4.90 Å². The van der Waals surface area contributed by atoms with Gasteiger partial charge in [0.15, 0.2) is 0 Å². The highest BCUT2D eigenvalue weighted by molar-refractivity contribution is 5.45. The van der Waals surface area contributed by atoms with Crippen molar-refractivity contribution >= 4 is 0 Å². The van der Waals surface area contributed by atoms with Crippen molar-refractivity contribution < 1.29 is 9.47 Å². The molecule has 4 heteroatoms. The Labute approximate surface area is 114 Å². The molecular weight excluding hydrogens is 240 g/mol. The van der Waals surface area contributed by atoms with Gasteiger partial charge in [-0.3, -0.25) is 4.90 Å². The van der Waals surface area contributed by atoms with Gasteiger partial charge in [0.05, 0.1) is 24.9 Å². The Hall–Kier alpha value is -1.57. The molecule has 0 N–H and O–H groups in total. The molecule has 0 amide bonds. The van der Waals surface area contributed by atoms with Crippen LogP contribution in [-0.4, -0.2) is 37.3 Å². The maximum atomic E-state index is 9.10. The summed E-state index contributed by atoms with van der Waals surface area (Å²) in [6.07, 6.45) is 0.523. The van der Waals surface area contributed by atoms with E-state index in [4.69, 9.17) is 14.7 Å². The Bertz CT molecular complexity index is 472. The average Bonchev–Trinajstić information content (AvgIpc) is 2.37. The van der Waals surface area contributed by atoms with Gasteiger partial charge in [-0.2, -0.15) is 5.26 Å². The Kier molecular flexibility index (Phi) is 4.41. The topological polar surface area (TPSA) is 45.5 Å². The van der Waals surface area contributed by atoms with Gasteiger partial charge in [-0.25, -0.2) is 0 Å². The van der Waals surface area contributed by atoms with E-state index in [9.17, 15) is 0 Å². The summed E-state index contributed by atoms with van der Waals surface area (Å²) in [5, 5.41) is 9.10. The molecule has 1 heterocycles. The van der Waals surface area contributed by atoms with Gasteiger partial charge in [0.2, 0.25) is 0 Å². The van der Waals surface area contributed by atoms with E-state index in [1.54, 1.807) is 7.11 Å². The van der Waals surface area contributed by atoms with Crippen molar-refractivity contribution in [2.45, 2.75) is 32.6 Å². The summed E-state index contributed by atoms with van der Waals surface area (Å²) in [5.41, 5.74) is 1.73. The summed E-state index contributed by atoms with van der Waals surface area (Å²) < 4.78 is 10.9. The van der Waals surface area contributed by atoms with Crippen molar-refractivity contribution in [1.29, 1.82) is 5.26 Å². The molecule has 2 rings (SSSR count). The van der Waals surface area contributed by atoms with Crippen LogP contribution in [0.15, 0.2) is 18.2 Å². The summed E-state index contributed by atoms with van der Waals surface area (Å²) in [5.74, 6) is 0.634. The van der Waals surface area contributed by atoms with E-state index in [1.807, 2.05) is 18.2 Å². The Balaban J connectivity index is 2.09. The minimum atomic E-state index is 0.262. The lowest BCUT2D eigenvalue weighted by atomic mass is 10.1. The fourth-order valence-electron chi connectivity index (χ4n) is 2.61. The van der Waals surface area contributed by atoms with Crippen LogP contribution in [0.1, 0.15) is 25.0 Å². The molecule has 1 aliphatic heterocycles. The fourth-order valence-corrected chi connectivity index (χ4v) is 2.61. The molecule has 1 fully saturated rings. The molecule has 0 radical (unpaired) electrons. The Morgan fingerprint density at radius 3 is 2.63 bits per heavy atom. The van der Waals surface area contributed by atoms with Crippen LogP contribution >= 0.6 is 0 Å². The van der Waals surface area contributed by atoms with Crippen LogP contribution in [0.5, 0.6) is 5.75 Å². The summed E-state index contributed by atoms with van der Waals surface area (Å²) >= 11 is 0. The summed E-state index contributed by atoms with van der Waals surface area (Å²) in [6.45, 7) is 6.89. The average molecular weight is 260 g/mol. The maximum Gasteiger partial charge on any atom is 0.136 e. The Morgan fingerprint density at radius 2 is 2.05 bits per heavy atom. The second-order valence-corrected chi connectivity index (χ2v) is 5.10.